The number of carboxylic acid groups (broad SMARTS) is 1. The van der Waals surface area contributed by atoms with Crippen molar-refractivity contribution >= 4 is 50.2 Å². The van der Waals surface area contributed by atoms with Crippen LogP contribution in [0, 0.1) is 0 Å². The van der Waals surface area contributed by atoms with Crippen molar-refractivity contribution in [2.24, 2.45) is 0 Å². The van der Waals surface area contributed by atoms with Gasteiger partial charge in [0.05, 0.1) is 27.8 Å². The Hall–Kier alpha value is -2.64. The van der Waals surface area contributed by atoms with Crippen LogP contribution in [0.4, 0.5) is 0 Å². The number of nitrogens with zero attached hydrogens (tertiary/aromatic N) is 3. The molecule has 126 valence electrons. The molecule has 0 aliphatic rings. The van der Waals surface area contributed by atoms with Gasteiger partial charge < -0.3 is 5.11 Å². The van der Waals surface area contributed by atoms with E-state index in [0.717, 1.165) is 15.2 Å². The molecule has 2 aromatic heterocycles. The zero-order valence-corrected chi connectivity index (χ0v) is 14.4. The van der Waals surface area contributed by atoms with E-state index in [0.29, 0.717) is 16.1 Å². The van der Waals surface area contributed by atoms with Gasteiger partial charge in [-0.15, -0.1) is 11.3 Å². The van der Waals surface area contributed by atoms with Gasteiger partial charge in [0.25, 0.3) is 0 Å². The number of para-hydroxylation sites is 2. The summed E-state index contributed by atoms with van der Waals surface area (Å²) in [6, 6.07) is 12.6. The second-order valence-corrected chi connectivity index (χ2v) is 7.11. The molecule has 0 amide bonds. The van der Waals surface area contributed by atoms with Crippen molar-refractivity contribution in [2.45, 2.75) is 13.1 Å². The molecule has 0 fully saturated rings. The number of aromatic nitrogens is 3. The lowest BCUT2D eigenvalue weighted by Crippen LogP contribution is -2.27. The topological polar surface area (TPSA) is 77.1 Å². The smallest absolute Gasteiger partial charge is 0.330 e. The largest absolute Gasteiger partial charge is 0.480 e. The number of benzene rings is 2. The normalized spacial score (nSPS) is 11.4. The number of halogens is 1. The highest BCUT2D eigenvalue weighted by molar-refractivity contribution is 7.18. The van der Waals surface area contributed by atoms with Crippen molar-refractivity contribution in [1.82, 2.24) is 14.1 Å². The quantitative estimate of drug-likeness (QED) is 0.596. The zero-order chi connectivity index (χ0) is 17.6. The van der Waals surface area contributed by atoms with E-state index in [4.69, 9.17) is 16.7 Å². The molecular weight excluding hydrogens is 362 g/mol. The molecule has 4 aromatic rings. The Morgan fingerprint density at radius 3 is 2.60 bits per heavy atom. The number of imidazole rings is 1. The van der Waals surface area contributed by atoms with Gasteiger partial charge >= 0.3 is 11.7 Å². The maximum atomic E-state index is 12.7. The van der Waals surface area contributed by atoms with Crippen LogP contribution in [0.25, 0.3) is 21.3 Å². The predicted octanol–water partition coefficient (Wildman–Crippen LogP) is 3.20. The van der Waals surface area contributed by atoms with Gasteiger partial charge in [0.1, 0.15) is 11.6 Å². The number of aliphatic carboxylic acids is 1. The molecule has 0 aliphatic carbocycles. The molecule has 0 atom stereocenters. The molecule has 2 aromatic carbocycles. The van der Waals surface area contributed by atoms with Crippen LogP contribution in [0.3, 0.4) is 0 Å². The Balaban J connectivity index is 1.84. The molecule has 8 heteroatoms. The van der Waals surface area contributed by atoms with Crippen molar-refractivity contribution in [1.29, 1.82) is 0 Å². The van der Waals surface area contributed by atoms with Crippen molar-refractivity contribution < 1.29 is 9.90 Å². The van der Waals surface area contributed by atoms with Gasteiger partial charge in [0.2, 0.25) is 0 Å². The van der Waals surface area contributed by atoms with Gasteiger partial charge in [0.15, 0.2) is 0 Å². The first-order valence-electron chi connectivity index (χ1n) is 7.48. The Morgan fingerprint density at radius 1 is 1.16 bits per heavy atom. The molecular formula is C17H12ClN3O3S. The van der Waals surface area contributed by atoms with E-state index in [1.165, 1.54) is 15.9 Å². The third-order valence-corrected chi connectivity index (χ3v) is 5.14. The van der Waals surface area contributed by atoms with Gasteiger partial charge in [-0.05, 0) is 30.3 Å². The van der Waals surface area contributed by atoms with Crippen LogP contribution >= 0.6 is 22.9 Å². The van der Waals surface area contributed by atoms with E-state index in [1.54, 1.807) is 28.8 Å². The fourth-order valence-electron chi connectivity index (χ4n) is 2.86. The molecule has 0 saturated heterocycles. The molecule has 0 aliphatic heterocycles. The lowest BCUT2D eigenvalue weighted by molar-refractivity contribution is -0.137. The molecule has 0 spiro atoms. The van der Waals surface area contributed by atoms with E-state index in [9.17, 15) is 9.59 Å². The third kappa shape index (κ3) is 2.81. The zero-order valence-electron chi connectivity index (χ0n) is 12.8. The highest BCUT2D eigenvalue weighted by Gasteiger charge is 2.16. The number of thiazole rings is 1. The minimum Gasteiger partial charge on any atom is -0.480 e. The van der Waals surface area contributed by atoms with Crippen LogP contribution in [-0.4, -0.2) is 25.2 Å². The second-order valence-electron chi connectivity index (χ2n) is 5.56. The number of fused-ring (bicyclic) bond motifs is 2. The first-order chi connectivity index (χ1) is 12.0. The molecule has 0 saturated carbocycles. The molecule has 0 unspecified atom stereocenters. The van der Waals surface area contributed by atoms with Gasteiger partial charge in [-0.3, -0.25) is 13.9 Å². The van der Waals surface area contributed by atoms with Crippen LogP contribution in [0.2, 0.25) is 5.02 Å². The minimum absolute atomic E-state index is 0.281. The van der Waals surface area contributed by atoms with Crippen LogP contribution in [-0.2, 0) is 17.9 Å². The second kappa shape index (κ2) is 6.02. The number of carboxylic acids is 1. The summed E-state index contributed by atoms with van der Waals surface area (Å²) in [5.74, 6) is -1.06. The van der Waals surface area contributed by atoms with Crippen LogP contribution in [0.1, 0.15) is 5.01 Å². The van der Waals surface area contributed by atoms with Crippen molar-refractivity contribution in [3.8, 4) is 0 Å². The summed E-state index contributed by atoms with van der Waals surface area (Å²) < 4.78 is 3.77. The average Bonchev–Trinajstić information content (AvgIpc) is 3.08. The van der Waals surface area contributed by atoms with E-state index < -0.39 is 5.97 Å². The molecule has 0 radical (unpaired) electrons. The monoisotopic (exact) mass is 373 g/mol. The summed E-state index contributed by atoms with van der Waals surface area (Å²) in [7, 11) is 0. The summed E-state index contributed by atoms with van der Waals surface area (Å²) in [5, 5.41) is 10.5. The van der Waals surface area contributed by atoms with E-state index in [1.807, 2.05) is 18.2 Å². The Morgan fingerprint density at radius 2 is 1.88 bits per heavy atom. The number of hydrogen-bond acceptors (Lipinski definition) is 4. The highest BCUT2D eigenvalue weighted by atomic mass is 35.5. The van der Waals surface area contributed by atoms with Gasteiger partial charge in [-0.1, -0.05) is 23.7 Å². The van der Waals surface area contributed by atoms with Crippen molar-refractivity contribution in [2.75, 3.05) is 0 Å². The van der Waals surface area contributed by atoms with Crippen molar-refractivity contribution in [3.63, 3.8) is 0 Å². The van der Waals surface area contributed by atoms with Gasteiger partial charge in [-0.2, -0.15) is 0 Å². The third-order valence-electron chi connectivity index (χ3n) is 3.91. The van der Waals surface area contributed by atoms with Crippen molar-refractivity contribution in [3.05, 3.63) is 63.0 Å². The maximum Gasteiger partial charge on any atom is 0.330 e. The average molecular weight is 374 g/mol. The summed E-state index contributed by atoms with van der Waals surface area (Å²) in [6.07, 6.45) is 0. The predicted molar refractivity (Wildman–Crippen MR) is 97.6 cm³/mol. The van der Waals surface area contributed by atoms with Crippen LogP contribution < -0.4 is 5.69 Å². The van der Waals surface area contributed by atoms with Crippen LogP contribution in [0.5, 0.6) is 0 Å². The van der Waals surface area contributed by atoms with Gasteiger partial charge in [0, 0.05) is 5.02 Å². The Labute approximate surface area is 150 Å². The fourth-order valence-corrected chi connectivity index (χ4v) is 4.09. The SMILES string of the molecule is O=C(O)Cn1c(=O)n(Cc2nc3ccc(Cl)cc3s2)c2ccccc21. The molecule has 2 heterocycles. The summed E-state index contributed by atoms with van der Waals surface area (Å²) in [6.45, 7) is -0.0925. The number of hydrogen-bond donors (Lipinski definition) is 1. The molecule has 25 heavy (non-hydrogen) atoms. The summed E-state index contributed by atoms with van der Waals surface area (Å²) in [5.41, 5.74) is 1.75. The lowest BCUT2D eigenvalue weighted by Gasteiger charge is -1.99. The number of carbonyl (C=O) groups is 1. The Kier molecular flexibility index (Phi) is 3.82. The highest BCUT2D eigenvalue weighted by Crippen LogP contribution is 2.26. The summed E-state index contributed by atoms with van der Waals surface area (Å²) in [4.78, 5) is 28.3. The van der Waals surface area contributed by atoms with Crippen LogP contribution in [0.15, 0.2) is 47.3 Å². The number of rotatable bonds is 4. The maximum absolute atomic E-state index is 12.7. The molecule has 4 rings (SSSR count). The first-order valence-corrected chi connectivity index (χ1v) is 8.67. The molecule has 0 bridgehead atoms. The standard InChI is InChI=1S/C17H12ClN3O3S/c18-10-5-6-11-14(7-10)25-15(19-11)8-20-12-3-1-2-4-13(12)21(17(20)24)9-16(22)23/h1-7H,8-9H2,(H,22,23). The van der Waals surface area contributed by atoms with E-state index >= 15 is 0 Å². The Bertz CT molecular complexity index is 1180. The lowest BCUT2D eigenvalue weighted by atomic mass is 10.3. The minimum atomic E-state index is -1.06. The summed E-state index contributed by atoms with van der Waals surface area (Å²) >= 11 is 7.47. The fraction of sp³-hybridized carbons (Fsp3) is 0.118. The van der Waals surface area contributed by atoms with E-state index in [-0.39, 0.29) is 18.8 Å². The van der Waals surface area contributed by atoms with Gasteiger partial charge in [-0.25, -0.2) is 9.78 Å². The van der Waals surface area contributed by atoms with E-state index in [2.05, 4.69) is 4.98 Å². The first kappa shape index (κ1) is 15.9. The molecule has 1 N–H and O–H groups in total. The molecule has 6 nitrogen and oxygen atoms in total.